The predicted octanol–water partition coefficient (Wildman–Crippen LogP) is 1.76. The van der Waals surface area contributed by atoms with Crippen LogP contribution >= 0.6 is 0 Å². The summed E-state index contributed by atoms with van der Waals surface area (Å²) in [6.45, 7) is 3.74. The standard InChI is InChI=1S/C13H20N2O3/c1-10(16)13-5-3-4-6-15(13)8-11-7-12(9-17-2)18-14-11/h7,13H,3-6,8-9H2,1-2H3. The molecule has 2 heterocycles. The molecule has 0 saturated carbocycles. The summed E-state index contributed by atoms with van der Waals surface area (Å²) in [7, 11) is 1.62. The molecule has 0 radical (unpaired) electrons. The normalized spacial score (nSPS) is 21.1. The molecule has 18 heavy (non-hydrogen) atoms. The van der Waals surface area contributed by atoms with Crippen molar-refractivity contribution in [3.05, 3.63) is 17.5 Å². The Morgan fingerprint density at radius 2 is 2.44 bits per heavy atom. The quantitative estimate of drug-likeness (QED) is 0.799. The van der Waals surface area contributed by atoms with Crippen LogP contribution in [0.3, 0.4) is 0 Å². The first-order valence-corrected chi connectivity index (χ1v) is 6.38. The summed E-state index contributed by atoms with van der Waals surface area (Å²) in [6.07, 6.45) is 3.24. The topological polar surface area (TPSA) is 55.6 Å². The highest BCUT2D eigenvalue weighted by molar-refractivity contribution is 5.81. The Morgan fingerprint density at radius 3 is 3.17 bits per heavy atom. The third-order valence-corrected chi connectivity index (χ3v) is 3.34. The number of hydrogen-bond donors (Lipinski definition) is 0. The van der Waals surface area contributed by atoms with Crippen molar-refractivity contribution in [2.24, 2.45) is 0 Å². The molecule has 1 saturated heterocycles. The molecule has 1 aromatic rings. The first kappa shape index (κ1) is 13.2. The molecule has 0 aliphatic carbocycles. The molecule has 100 valence electrons. The van der Waals surface area contributed by atoms with Gasteiger partial charge in [0.15, 0.2) is 5.76 Å². The molecular formula is C13H20N2O3. The van der Waals surface area contributed by atoms with Gasteiger partial charge in [-0.05, 0) is 26.3 Å². The number of nitrogens with zero attached hydrogens (tertiary/aromatic N) is 2. The average molecular weight is 252 g/mol. The predicted molar refractivity (Wildman–Crippen MR) is 65.9 cm³/mol. The summed E-state index contributed by atoms with van der Waals surface area (Å²) in [5.41, 5.74) is 0.871. The number of ketones is 1. The van der Waals surface area contributed by atoms with E-state index in [9.17, 15) is 4.79 Å². The van der Waals surface area contributed by atoms with Gasteiger partial charge in [0.05, 0.1) is 11.7 Å². The van der Waals surface area contributed by atoms with Gasteiger partial charge < -0.3 is 9.26 Å². The minimum absolute atomic E-state index is 0.0429. The maximum Gasteiger partial charge on any atom is 0.162 e. The Kier molecular flexibility index (Phi) is 4.49. The fourth-order valence-corrected chi connectivity index (χ4v) is 2.49. The van der Waals surface area contributed by atoms with E-state index in [1.54, 1.807) is 14.0 Å². The van der Waals surface area contributed by atoms with Crippen LogP contribution in [0.5, 0.6) is 0 Å². The first-order chi connectivity index (χ1) is 8.70. The van der Waals surface area contributed by atoms with Crippen LogP contribution in [0.15, 0.2) is 10.6 Å². The number of piperidine rings is 1. The minimum Gasteiger partial charge on any atom is -0.377 e. The van der Waals surface area contributed by atoms with Crippen LogP contribution < -0.4 is 0 Å². The second-order valence-corrected chi connectivity index (χ2v) is 4.81. The molecule has 0 bridgehead atoms. The zero-order valence-corrected chi connectivity index (χ0v) is 11.0. The van der Waals surface area contributed by atoms with E-state index in [0.29, 0.717) is 13.2 Å². The Bertz CT molecular complexity index is 403. The number of aromatic nitrogens is 1. The summed E-state index contributed by atoms with van der Waals surface area (Å²) in [5, 5.41) is 4.01. The fourth-order valence-electron chi connectivity index (χ4n) is 2.49. The van der Waals surface area contributed by atoms with Crippen molar-refractivity contribution in [2.45, 2.75) is 45.4 Å². The maximum absolute atomic E-state index is 11.6. The molecule has 1 aromatic heterocycles. The lowest BCUT2D eigenvalue weighted by atomic mass is 9.99. The van der Waals surface area contributed by atoms with Crippen LogP contribution in [0, 0.1) is 0 Å². The van der Waals surface area contributed by atoms with Crippen LogP contribution in [0.4, 0.5) is 0 Å². The number of carbonyl (C=O) groups excluding carboxylic acids is 1. The molecule has 0 N–H and O–H groups in total. The third kappa shape index (κ3) is 3.17. The molecular weight excluding hydrogens is 232 g/mol. The second kappa shape index (κ2) is 6.11. The highest BCUT2D eigenvalue weighted by Gasteiger charge is 2.26. The smallest absolute Gasteiger partial charge is 0.162 e. The van der Waals surface area contributed by atoms with Crippen molar-refractivity contribution in [1.29, 1.82) is 0 Å². The van der Waals surface area contributed by atoms with Gasteiger partial charge in [0, 0.05) is 19.7 Å². The van der Waals surface area contributed by atoms with E-state index < -0.39 is 0 Å². The SMILES string of the molecule is COCc1cc(CN2CCCCC2C(C)=O)no1. The highest BCUT2D eigenvalue weighted by atomic mass is 16.5. The highest BCUT2D eigenvalue weighted by Crippen LogP contribution is 2.20. The van der Waals surface area contributed by atoms with E-state index in [2.05, 4.69) is 10.1 Å². The molecule has 1 fully saturated rings. The van der Waals surface area contributed by atoms with Crippen molar-refractivity contribution < 1.29 is 14.1 Å². The number of Topliss-reactive ketones (excluding diaryl/α,β-unsaturated/α-hetero) is 1. The van der Waals surface area contributed by atoms with Gasteiger partial charge in [0.25, 0.3) is 0 Å². The van der Waals surface area contributed by atoms with Gasteiger partial charge in [0.1, 0.15) is 12.4 Å². The molecule has 0 amide bonds. The summed E-state index contributed by atoms with van der Waals surface area (Å²) in [4.78, 5) is 13.8. The third-order valence-electron chi connectivity index (χ3n) is 3.34. The first-order valence-electron chi connectivity index (χ1n) is 6.38. The van der Waals surface area contributed by atoms with E-state index in [4.69, 9.17) is 9.26 Å². The van der Waals surface area contributed by atoms with Gasteiger partial charge in [-0.2, -0.15) is 0 Å². The van der Waals surface area contributed by atoms with Gasteiger partial charge in [0.2, 0.25) is 0 Å². The van der Waals surface area contributed by atoms with Crippen molar-refractivity contribution in [3.63, 3.8) is 0 Å². The molecule has 5 nitrogen and oxygen atoms in total. The van der Waals surface area contributed by atoms with E-state index in [1.807, 2.05) is 6.07 Å². The molecule has 0 spiro atoms. The zero-order valence-electron chi connectivity index (χ0n) is 11.0. The zero-order chi connectivity index (χ0) is 13.0. The molecule has 1 atom stereocenters. The largest absolute Gasteiger partial charge is 0.377 e. The molecule has 1 aliphatic heterocycles. The molecule has 2 rings (SSSR count). The van der Waals surface area contributed by atoms with Crippen molar-refractivity contribution in [2.75, 3.05) is 13.7 Å². The molecule has 1 unspecified atom stereocenters. The molecule has 5 heteroatoms. The number of rotatable bonds is 5. The van der Waals surface area contributed by atoms with Crippen LogP contribution in [0.1, 0.15) is 37.6 Å². The summed E-state index contributed by atoms with van der Waals surface area (Å²) >= 11 is 0. The number of methoxy groups -OCH3 is 1. The van der Waals surface area contributed by atoms with Gasteiger partial charge in [-0.25, -0.2) is 0 Å². The van der Waals surface area contributed by atoms with Crippen LogP contribution in [-0.4, -0.2) is 35.5 Å². The van der Waals surface area contributed by atoms with Gasteiger partial charge >= 0.3 is 0 Å². The Morgan fingerprint density at radius 1 is 1.61 bits per heavy atom. The molecule has 0 aromatic carbocycles. The van der Waals surface area contributed by atoms with Crippen molar-refractivity contribution in [3.8, 4) is 0 Å². The Labute approximate surface area is 107 Å². The number of ether oxygens (including phenoxy) is 1. The lowest BCUT2D eigenvalue weighted by Crippen LogP contribution is -2.43. The van der Waals surface area contributed by atoms with E-state index >= 15 is 0 Å². The van der Waals surface area contributed by atoms with Gasteiger partial charge in [-0.15, -0.1) is 0 Å². The Hall–Kier alpha value is -1.20. The van der Waals surface area contributed by atoms with Gasteiger partial charge in [-0.3, -0.25) is 9.69 Å². The minimum atomic E-state index is 0.0429. The molecule has 1 aliphatic rings. The summed E-state index contributed by atoms with van der Waals surface area (Å²) < 4.78 is 10.1. The van der Waals surface area contributed by atoms with Gasteiger partial charge in [-0.1, -0.05) is 11.6 Å². The maximum atomic E-state index is 11.6. The van der Waals surface area contributed by atoms with E-state index in [-0.39, 0.29) is 11.8 Å². The second-order valence-electron chi connectivity index (χ2n) is 4.81. The summed E-state index contributed by atoms with van der Waals surface area (Å²) in [6, 6.07) is 1.94. The monoisotopic (exact) mass is 252 g/mol. The van der Waals surface area contributed by atoms with Crippen LogP contribution in [0.25, 0.3) is 0 Å². The van der Waals surface area contributed by atoms with E-state index in [1.165, 1.54) is 0 Å². The van der Waals surface area contributed by atoms with Crippen molar-refractivity contribution in [1.82, 2.24) is 10.1 Å². The Balaban J connectivity index is 1.99. The van der Waals surface area contributed by atoms with Crippen molar-refractivity contribution >= 4 is 5.78 Å². The van der Waals surface area contributed by atoms with Crippen LogP contribution in [-0.2, 0) is 22.7 Å². The van der Waals surface area contributed by atoms with Crippen LogP contribution in [0.2, 0.25) is 0 Å². The average Bonchev–Trinajstić information content (AvgIpc) is 2.77. The number of carbonyl (C=O) groups is 1. The summed E-state index contributed by atoms with van der Waals surface area (Å²) in [5.74, 6) is 0.971. The lowest BCUT2D eigenvalue weighted by Gasteiger charge is -2.33. The fraction of sp³-hybridized carbons (Fsp3) is 0.692. The number of likely N-dealkylation sites (tertiary alicyclic amines) is 1. The van der Waals surface area contributed by atoms with E-state index in [0.717, 1.165) is 37.3 Å². The number of hydrogen-bond acceptors (Lipinski definition) is 5. The lowest BCUT2D eigenvalue weighted by molar-refractivity contribution is -0.123.